The Bertz CT molecular complexity index is 1020. The Hall–Kier alpha value is -2.38. The number of aliphatic hydroxyl groups excluding tert-OH is 1. The van der Waals surface area contributed by atoms with E-state index in [9.17, 15) is 5.11 Å². The largest absolute Gasteiger partial charge is 0.437 e. The molecule has 0 saturated heterocycles. The number of rotatable bonds is 11. The highest BCUT2D eigenvalue weighted by Gasteiger charge is 2.33. The lowest BCUT2D eigenvalue weighted by Gasteiger charge is -2.25. The molecule has 1 saturated carbocycles. The molecule has 1 aliphatic carbocycles. The zero-order valence-corrected chi connectivity index (χ0v) is 19.3. The smallest absolute Gasteiger partial charge is 0.222 e. The van der Waals surface area contributed by atoms with Crippen LogP contribution in [-0.2, 0) is 18.3 Å². The van der Waals surface area contributed by atoms with Crippen LogP contribution < -0.4 is 4.74 Å². The highest BCUT2D eigenvalue weighted by Crippen LogP contribution is 2.38. The van der Waals surface area contributed by atoms with Gasteiger partial charge in [-0.2, -0.15) is 5.10 Å². The summed E-state index contributed by atoms with van der Waals surface area (Å²) in [5.74, 6) is 1.24. The van der Waals surface area contributed by atoms with Crippen molar-refractivity contribution in [3.8, 4) is 22.9 Å². The summed E-state index contributed by atoms with van der Waals surface area (Å²) < 4.78 is 13.5. The van der Waals surface area contributed by atoms with E-state index in [4.69, 9.17) is 26.2 Å². The first-order valence-corrected chi connectivity index (χ1v) is 11.5. The van der Waals surface area contributed by atoms with Crippen molar-refractivity contribution in [1.82, 2.24) is 14.7 Å². The first-order valence-electron chi connectivity index (χ1n) is 11.1. The highest BCUT2D eigenvalue weighted by atomic mass is 35.5. The van der Waals surface area contributed by atoms with Gasteiger partial charge in [0.15, 0.2) is 0 Å². The van der Waals surface area contributed by atoms with Crippen LogP contribution >= 0.6 is 11.6 Å². The van der Waals surface area contributed by atoms with Crippen LogP contribution in [0.1, 0.15) is 25.3 Å². The standard InChI is InChI=1S/C25H30ClN3O3/c1-3-31-17-20(30)15-29(19-13-14-19)16-21-24(18-9-5-4-6-10-18)27-28(2)25(21)32-23-12-8-7-11-22(23)26/h4-12,19-20,30H,3,13-17H2,1-2H3. The summed E-state index contributed by atoms with van der Waals surface area (Å²) in [7, 11) is 1.88. The predicted octanol–water partition coefficient (Wildman–Crippen LogP) is 4.89. The van der Waals surface area contributed by atoms with Gasteiger partial charge in [0.2, 0.25) is 5.88 Å². The summed E-state index contributed by atoms with van der Waals surface area (Å²) in [4.78, 5) is 2.31. The Morgan fingerprint density at radius 3 is 2.56 bits per heavy atom. The fourth-order valence-corrected chi connectivity index (χ4v) is 4.02. The molecule has 0 spiro atoms. The molecule has 4 rings (SSSR count). The van der Waals surface area contributed by atoms with Crippen LogP contribution in [0.25, 0.3) is 11.3 Å². The van der Waals surface area contributed by atoms with Crippen molar-refractivity contribution in [2.75, 3.05) is 19.8 Å². The number of aryl methyl sites for hydroxylation is 1. The molecule has 0 amide bonds. The van der Waals surface area contributed by atoms with E-state index in [1.807, 2.05) is 56.4 Å². The van der Waals surface area contributed by atoms with E-state index in [-0.39, 0.29) is 0 Å². The van der Waals surface area contributed by atoms with Gasteiger partial charge < -0.3 is 14.6 Å². The van der Waals surface area contributed by atoms with Crippen LogP contribution in [0.2, 0.25) is 5.02 Å². The lowest BCUT2D eigenvalue weighted by molar-refractivity contribution is 0.0178. The topological polar surface area (TPSA) is 59.8 Å². The molecule has 1 heterocycles. The summed E-state index contributed by atoms with van der Waals surface area (Å²) in [6, 6.07) is 18.0. The number of halogens is 1. The first-order chi connectivity index (χ1) is 15.6. The molecule has 0 aliphatic heterocycles. The third-order valence-corrected chi connectivity index (χ3v) is 5.87. The zero-order chi connectivity index (χ0) is 22.5. The van der Waals surface area contributed by atoms with Gasteiger partial charge in [-0.05, 0) is 31.9 Å². The monoisotopic (exact) mass is 455 g/mol. The fraction of sp³-hybridized carbons (Fsp3) is 0.400. The van der Waals surface area contributed by atoms with E-state index in [1.165, 1.54) is 0 Å². The van der Waals surface area contributed by atoms with Gasteiger partial charge in [-0.15, -0.1) is 0 Å². The van der Waals surface area contributed by atoms with Crippen molar-refractivity contribution in [3.63, 3.8) is 0 Å². The number of ether oxygens (including phenoxy) is 2. The minimum atomic E-state index is -0.541. The number of aromatic nitrogens is 2. The maximum Gasteiger partial charge on any atom is 0.222 e. The van der Waals surface area contributed by atoms with E-state index < -0.39 is 6.10 Å². The Balaban J connectivity index is 1.68. The van der Waals surface area contributed by atoms with Gasteiger partial charge in [0, 0.05) is 38.3 Å². The molecule has 170 valence electrons. The van der Waals surface area contributed by atoms with Gasteiger partial charge in [-0.1, -0.05) is 54.1 Å². The number of benzene rings is 2. The van der Waals surface area contributed by atoms with Gasteiger partial charge >= 0.3 is 0 Å². The van der Waals surface area contributed by atoms with Gasteiger partial charge in [-0.25, -0.2) is 4.68 Å². The average Bonchev–Trinajstić information content (AvgIpc) is 3.60. The molecular weight excluding hydrogens is 426 g/mol. The molecule has 1 aliphatic rings. The van der Waals surface area contributed by atoms with Crippen molar-refractivity contribution in [1.29, 1.82) is 0 Å². The predicted molar refractivity (Wildman–Crippen MR) is 126 cm³/mol. The summed E-state index contributed by atoms with van der Waals surface area (Å²) in [5, 5.41) is 15.9. The number of hydrogen-bond donors (Lipinski definition) is 1. The Labute approximate surface area is 194 Å². The molecule has 1 unspecified atom stereocenters. The molecule has 6 nitrogen and oxygen atoms in total. The van der Waals surface area contributed by atoms with Crippen LogP contribution in [0.3, 0.4) is 0 Å². The lowest BCUT2D eigenvalue weighted by atomic mass is 10.1. The van der Waals surface area contributed by atoms with Crippen molar-refractivity contribution in [2.24, 2.45) is 7.05 Å². The molecule has 1 aromatic heterocycles. The van der Waals surface area contributed by atoms with Crippen molar-refractivity contribution in [2.45, 2.75) is 38.5 Å². The highest BCUT2D eigenvalue weighted by molar-refractivity contribution is 6.32. The molecule has 1 atom stereocenters. The maximum atomic E-state index is 10.5. The first kappa shape index (κ1) is 22.8. The number of hydrogen-bond acceptors (Lipinski definition) is 5. The van der Waals surface area contributed by atoms with Gasteiger partial charge in [0.25, 0.3) is 0 Å². The van der Waals surface area contributed by atoms with Gasteiger partial charge in [0.05, 0.1) is 23.3 Å². The number of nitrogens with zero attached hydrogens (tertiary/aromatic N) is 3. The van der Waals surface area contributed by atoms with E-state index >= 15 is 0 Å². The summed E-state index contributed by atoms with van der Waals surface area (Å²) in [6.45, 7) is 4.02. The molecule has 3 aromatic rings. The minimum absolute atomic E-state index is 0.335. The Kier molecular flexibility index (Phi) is 7.48. The van der Waals surface area contributed by atoms with Crippen molar-refractivity contribution >= 4 is 11.6 Å². The Morgan fingerprint density at radius 2 is 1.88 bits per heavy atom. The van der Waals surface area contributed by atoms with E-state index in [0.29, 0.717) is 49.0 Å². The zero-order valence-electron chi connectivity index (χ0n) is 18.6. The molecule has 32 heavy (non-hydrogen) atoms. The van der Waals surface area contributed by atoms with Gasteiger partial charge in [-0.3, -0.25) is 4.90 Å². The molecule has 7 heteroatoms. The van der Waals surface area contributed by atoms with E-state index in [0.717, 1.165) is 29.7 Å². The quantitative estimate of drug-likeness (QED) is 0.446. The second-order valence-electron chi connectivity index (χ2n) is 8.13. The van der Waals surface area contributed by atoms with Crippen LogP contribution in [0.15, 0.2) is 54.6 Å². The molecule has 1 fully saturated rings. The second kappa shape index (κ2) is 10.5. The summed E-state index contributed by atoms with van der Waals surface area (Å²) >= 11 is 6.37. The third-order valence-electron chi connectivity index (χ3n) is 5.56. The van der Waals surface area contributed by atoms with Crippen molar-refractivity contribution in [3.05, 3.63) is 65.2 Å². The minimum Gasteiger partial charge on any atom is -0.437 e. The normalized spacial score (nSPS) is 14.7. The fourth-order valence-electron chi connectivity index (χ4n) is 3.84. The van der Waals surface area contributed by atoms with Crippen LogP contribution in [-0.4, -0.2) is 51.7 Å². The molecular formula is C25H30ClN3O3. The molecule has 1 N–H and O–H groups in total. The second-order valence-corrected chi connectivity index (χ2v) is 8.54. The summed E-state index contributed by atoms with van der Waals surface area (Å²) in [6.07, 6.45) is 1.71. The average molecular weight is 456 g/mol. The van der Waals surface area contributed by atoms with E-state index in [2.05, 4.69) is 17.0 Å². The molecule has 0 radical (unpaired) electrons. The SMILES string of the molecule is CCOCC(O)CN(Cc1c(-c2ccccc2)nn(C)c1Oc1ccccc1Cl)C1CC1. The molecule has 2 aromatic carbocycles. The maximum absolute atomic E-state index is 10.5. The number of para-hydroxylation sites is 1. The van der Waals surface area contributed by atoms with Gasteiger partial charge in [0.1, 0.15) is 11.4 Å². The summed E-state index contributed by atoms with van der Waals surface area (Å²) in [5.41, 5.74) is 2.88. The van der Waals surface area contributed by atoms with E-state index in [1.54, 1.807) is 4.68 Å². The van der Waals surface area contributed by atoms with Crippen LogP contribution in [0, 0.1) is 0 Å². The number of aliphatic hydroxyl groups is 1. The van der Waals surface area contributed by atoms with Crippen molar-refractivity contribution < 1.29 is 14.6 Å². The third kappa shape index (κ3) is 5.51. The lowest BCUT2D eigenvalue weighted by Crippen LogP contribution is -2.36. The van der Waals surface area contributed by atoms with Crippen LogP contribution in [0.5, 0.6) is 11.6 Å². The van der Waals surface area contributed by atoms with Crippen LogP contribution in [0.4, 0.5) is 0 Å². The molecule has 0 bridgehead atoms. The Morgan fingerprint density at radius 1 is 1.16 bits per heavy atom.